The predicted molar refractivity (Wildman–Crippen MR) is 61.9 cm³/mol. The van der Waals surface area contributed by atoms with Crippen LogP contribution in [-0.2, 0) is 9.59 Å². The Morgan fingerprint density at radius 2 is 2.07 bits per heavy atom. The number of carboxylic acids is 1. The van der Waals surface area contributed by atoms with Crippen molar-refractivity contribution in [1.82, 2.24) is 0 Å². The Bertz CT molecular complexity index is 415. The van der Waals surface area contributed by atoms with Crippen LogP contribution in [0.1, 0.15) is 0 Å². The molecule has 0 fully saturated rings. The number of carboxylic acid groups (broad SMARTS) is 1. The van der Waals surface area contributed by atoms with Crippen LogP contribution in [0.5, 0.6) is 0 Å². The lowest BCUT2D eigenvalue weighted by atomic mass is 10.3. The van der Waals surface area contributed by atoms with Crippen molar-refractivity contribution < 1.29 is 14.7 Å². The van der Waals surface area contributed by atoms with Gasteiger partial charge in [0.25, 0.3) is 0 Å². The molecule has 4 nitrogen and oxygen atoms in total. The zero-order valence-corrected chi connectivity index (χ0v) is 9.72. The molecule has 0 atom stereocenters. The molecule has 1 aromatic rings. The highest BCUT2D eigenvalue weighted by Gasteiger charge is 1.97. The first-order valence-corrected chi connectivity index (χ1v) is 5.11. The van der Waals surface area contributed by atoms with Crippen LogP contribution in [0.3, 0.4) is 0 Å². The third-order valence-electron chi connectivity index (χ3n) is 1.46. The van der Waals surface area contributed by atoms with E-state index in [0.29, 0.717) is 11.8 Å². The quantitative estimate of drug-likeness (QED) is 0.653. The number of anilines is 1. The average Bonchev–Trinajstić information content (AvgIpc) is 2.15. The molecule has 0 radical (unpaired) electrons. The topological polar surface area (TPSA) is 69.2 Å². The molecule has 0 bridgehead atoms. The Kier molecular flexibility index (Phi) is 4.29. The van der Waals surface area contributed by atoms with E-state index in [4.69, 9.17) is 0 Å². The molecule has 0 aliphatic heterocycles. The van der Waals surface area contributed by atoms with Crippen molar-refractivity contribution in [2.24, 2.45) is 0 Å². The number of hydrogen-bond donors (Lipinski definition) is 1. The van der Waals surface area contributed by atoms with Gasteiger partial charge in [-0.3, -0.25) is 4.79 Å². The second kappa shape index (κ2) is 5.50. The highest BCUT2D eigenvalue weighted by Crippen LogP contribution is 2.12. The summed E-state index contributed by atoms with van der Waals surface area (Å²) in [6.45, 7) is 0. The molecule has 1 rings (SSSR count). The predicted octanol–water partition coefficient (Wildman–Crippen LogP) is 0.536. The lowest BCUT2D eigenvalue weighted by Crippen LogP contribution is -2.20. The molecule has 0 aromatic heterocycles. The van der Waals surface area contributed by atoms with E-state index in [2.05, 4.69) is 27.9 Å². The van der Waals surface area contributed by atoms with Crippen LogP contribution in [0.15, 0.2) is 36.4 Å². The molecule has 1 aromatic carbocycles. The van der Waals surface area contributed by atoms with Gasteiger partial charge in [0.15, 0.2) is 0 Å². The van der Waals surface area contributed by atoms with Crippen LogP contribution in [0.2, 0.25) is 0 Å². The van der Waals surface area contributed by atoms with Gasteiger partial charge in [-0.05, 0) is 46.9 Å². The van der Waals surface area contributed by atoms with Gasteiger partial charge < -0.3 is 15.2 Å². The van der Waals surface area contributed by atoms with Crippen molar-refractivity contribution in [3.05, 3.63) is 40.0 Å². The summed E-state index contributed by atoms with van der Waals surface area (Å²) in [6.07, 6.45) is 1.60. The number of benzene rings is 1. The smallest absolute Gasteiger partial charge is 0.248 e. The van der Waals surface area contributed by atoms with Gasteiger partial charge in [0.2, 0.25) is 5.91 Å². The maximum Gasteiger partial charge on any atom is 0.248 e. The Morgan fingerprint density at radius 3 is 2.67 bits per heavy atom. The largest absolute Gasteiger partial charge is 0.545 e. The maximum atomic E-state index is 11.1. The molecular weight excluding hydrogens is 309 g/mol. The van der Waals surface area contributed by atoms with Gasteiger partial charge in [0, 0.05) is 15.3 Å². The van der Waals surface area contributed by atoms with Crippen molar-refractivity contribution in [2.45, 2.75) is 0 Å². The SMILES string of the molecule is O=C([O-])/C=C\C(=O)Nc1cccc(I)c1. The van der Waals surface area contributed by atoms with E-state index in [9.17, 15) is 14.7 Å². The number of halogens is 1. The number of carbonyl (C=O) groups is 2. The Morgan fingerprint density at radius 1 is 1.33 bits per heavy atom. The molecule has 0 aliphatic carbocycles. The van der Waals surface area contributed by atoms with Crippen LogP contribution < -0.4 is 10.4 Å². The number of hydrogen-bond acceptors (Lipinski definition) is 3. The summed E-state index contributed by atoms with van der Waals surface area (Å²) in [5.41, 5.74) is 0.620. The minimum atomic E-state index is -1.40. The summed E-state index contributed by atoms with van der Waals surface area (Å²) in [5, 5.41) is 12.5. The van der Waals surface area contributed by atoms with Crippen LogP contribution in [0, 0.1) is 3.57 Å². The first-order valence-electron chi connectivity index (χ1n) is 4.03. The third-order valence-corrected chi connectivity index (χ3v) is 2.13. The van der Waals surface area contributed by atoms with Gasteiger partial charge in [-0.25, -0.2) is 0 Å². The normalized spacial score (nSPS) is 10.2. The Balaban J connectivity index is 2.63. The molecule has 0 spiro atoms. The number of rotatable bonds is 3. The highest BCUT2D eigenvalue weighted by molar-refractivity contribution is 14.1. The first-order chi connectivity index (χ1) is 7.08. The van der Waals surface area contributed by atoms with Gasteiger partial charge in [0.05, 0.1) is 5.97 Å². The average molecular weight is 316 g/mol. The van der Waals surface area contributed by atoms with Crippen LogP contribution >= 0.6 is 22.6 Å². The molecule has 15 heavy (non-hydrogen) atoms. The summed E-state index contributed by atoms with van der Waals surface area (Å²) in [4.78, 5) is 21.2. The fourth-order valence-electron chi connectivity index (χ4n) is 0.894. The van der Waals surface area contributed by atoms with Gasteiger partial charge in [-0.2, -0.15) is 0 Å². The van der Waals surface area contributed by atoms with E-state index >= 15 is 0 Å². The van der Waals surface area contributed by atoms with Gasteiger partial charge in [-0.15, -0.1) is 0 Å². The molecule has 5 heteroatoms. The van der Waals surface area contributed by atoms with Crippen molar-refractivity contribution in [3.63, 3.8) is 0 Å². The van der Waals surface area contributed by atoms with E-state index in [1.54, 1.807) is 18.2 Å². The number of aliphatic carboxylic acids is 1. The molecule has 1 amide bonds. The van der Waals surface area contributed by atoms with Gasteiger partial charge in [0.1, 0.15) is 0 Å². The summed E-state index contributed by atoms with van der Waals surface area (Å²) in [5.74, 6) is -1.89. The fourth-order valence-corrected chi connectivity index (χ4v) is 1.44. The van der Waals surface area contributed by atoms with E-state index in [0.717, 1.165) is 9.65 Å². The van der Waals surface area contributed by atoms with Crippen molar-refractivity contribution in [3.8, 4) is 0 Å². The molecule has 78 valence electrons. The monoisotopic (exact) mass is 316 g/mol. The molecular formula is C10H7INO3-. The molecule has 0 saturated heterocycles. The molecule has 0 saturated carbocycles. The zero-order chi connectivity index (χ0) is 11.3. The molecule has 0 aliphatic rings. The Hall–Kier alpha value is -1.37. The van der Waals surface area contributed by atoms with Gasteiger partial charge >= 0.3 is 0 Å². The van der Waals surface area contributed by atoms with E-state index in [1.807, 2.05) is 6.07 Å². The standard InChI is InChI=1S/C10H8INO3/c11-7-2-1-3-8(6-7)12-9(13)4-5-10(14)15/h1-6H,(H,12,13)(H,14,15)/p-1/b5-4-. The van der Waals surface area contributed by atoms with Crippen molar-refractivity contribution >= 4 is 40.2 Å². The summed E-state index contributed by atoms with van der Waals surface area (Å²) >= 11 is 2.11. The third kappa shape index (κ3) is 4.59. The van der Waals surface area contributed by atoms with Gasteiger partial charge in [-0.1, -0.05) is 6.07 Å². The fraction of sp³-hybridized carbons (Fsp3) is 0. The summed E-state index contributed by atoms with van der Waals surface area (Å²) < 4.78 is 0.981. The van der Waals surface area contributed by atoms with E-state index in [1.165, 1.54) is 0 Å². The van der Waals surface area contributed by atoms with Crippen LogP contribution in [0.25, 0.3) is 0 Å². The lowest BCUT2D eigenvalue weighted by Gasteiger charge is -2.02. The molecule has 1 N–H and O–H groups in total. The summed E-state index contributed by atoms with van der Waals surface area (Å²) in [7, 11) is 0. The number of carbonyl (C=O) groups excluding carboxylic acids is 2. The first kappa shape index (κ1) is 11.7. The van der Waals surface area contributed by atoms with Crippen molar-refractivity contribution in [1.29, 1.82) is 0 Å². The van der Waals surface area contributed by atoms with Crippen LogP contribution in [0.4, 0.5) is 5.69 Å². The van der Waals surface area contributed by atoms with E-state index < -0.39 is 11.9 Å². The lowest BCUT2D eigenvalue weighted by molar-refractivity contribution is -0.297. The zero-order valence-electron chi connectivity index (χ0n) is 7.57. The van der Waals surface area contributed by atoms with Crippen LogP contribution in [-0.4, -0.2) is 11.9 Å². The van der Waals surface area contributed by atoms with Crippen molar-refractivity contribution in [2.75, 3.05) is 5.32 Å². The Labute approximate surface area is 100 Å². The number of amides is 1. The second-order valence-corrected chi connectivity index (χ2v) is 3.90. The second-order valence-electron chi connectivity index (χ2n) is 2.65. The number of nitrogens with one attached hydrogen (secondary N) is 1. The molecule has 0 heterocycles. The van der Waals surface area contributed by atoms with E-state index in [-0.39, 0.29) is 0 Å². The highest BCUT2D eigenvalue weighted by atomic mass is 127. The minimum Gasteiger partial charge on any atom is -0.545 e. The minimum absolute atomic E-state index is 0.499. The molecule has 0 unspecified atom stereocenters. The maximum absolute atomic E-state index is 11.1. The summed E-state index contributed by atoms with van der Waals surface area (Å²) in [6, 6.07) is 7.16.